The Morgan fingerprint density at radius 1 is 0.833 bits per heavy atom. The summed E-state index contributed by atoms with van der Waals surface area (Å²) in [7, 11) is 3.81. The van der Waals surface area contributed by atoms with Crippen molar-refractivity contribution in [1.82, 2.24) is 9.80 Å². The van der Waals surface area contributed by atoms with Gasteiger partial charge >= 0.3 is 0 Å². The third kappa shape index (κ3) is 6.53. The highest BCUT2D eigenvalue weighted by atomic mass is 16.5. The molecule has 1 aliphatic rings. The van der Waals surface area contributed by atoms with Gasteiger partial charge in [0, 0.05) is 18.7 Å². The molecule has 1 atom stereocenters. The number of aliphatic hydroxyl groups excluding tert-OH is 1. The van der Waals surface area contributed by atoms with Crippen LogP contribution in [-0.4, -0.2) is 53.8 Å². The Bertz CT molecular complexity index is 1600. The van der Waals surface area contributed by atoms with Crippen LogP contribution in [0.4, 0.5) is 0 Å². The van der Waals surface area contributed by atoms with Crippen LogP contribution >= 0.6 is 0 Å². The predicted molar refractivity (Wildman–Crippen MR) is 162 cm³/mol. The van der Waals surface area contributed by atoms with Gasteiger partial charge in [-0.15, -0.1) is 0 Å². The number of likely N-dealkylation sites (N-methyl/N-ethyl adjacent to an activating group) is 1. The van der Waals surface area contributed by atoms with Crippen molar-refractivity contribution in [2.45, 2.75) is 19.6 Å². The van der Waals surface area contributed by atoms with Gasteiger partial charge in [0.25, 0.3) is 11.7 Å². The number of ketones is 1. The van der Waals surface area contributed by atoms with E-state index in [1.54, 1.807) is 24.3 Å². The molecule has 4 aromatic rings. The molecule has 214 valence electrons. The van der Waals surface area contributed by atoms with Crippen molar-refractivity contribution in [3.05, 3.63) is 131 Å². The number of nitrogens with zero attached hydrogens (tertiary/aromatic N) is 2. The second kappa shape index (κ2) is 12.7. The summed E-state index contributed by atoms with van der Waals surface area (Å²) in [6.45, 7) is 3.31. The van der Waals surface area contributed by atoms with Gasteiger partial charge in [-0.3, -0.25) is 9.59 Å². The fourth-order valence-corrected chi connectivity index (χ4v) is 4.97. The number of hydrogen-bond donors (Lipinski definition) is 1. The Labute approximate surface area is 246 Å². The highest BCUT2D eigenvalue weighted by molar-refractivity contribution is 6.46. The number of carbonyl (C=O) groups excluding carboxylic acids is 2. The van der Waals surface area contributed by atoms with Gasteiger partial charge in [0.2, 0.25) is 0 Å². The second-order valence-corrected chi connectivity index (χ2v) is 10.6. The molecule has 1 unspecified atom stereocenters. The fourth-order valence-electron chi connectivity index (χ4n) is 4.97. The molecular formula is C35H34N2O5. The van der Waals surface area contributed by atoms with Crippen LogP contribution in [0.1, 0.15) is 28.3 Å². The van der Waals surface area contributed by atoms with E-state index in [1.807, 2.05) is 98.7 Å². The molecule has 0 saturated carbocycles. The molecule has 0 bridgehead atoms. The predicted octanol–water partition coefficient (Wildman–Crippen LogP) is 6.35. The minimum absolute atomic E-state index is 0.0454. The zero-order valence-electron chi connectivity index (χ0n) is 24.0. The maximum absolute atomic E-state index is 13.4. The highest BCUT2D eigenvalue weighted by Crippen LogP contribution is 2.40. The topological polar surface area (TPSA) is 79.3 Å². The zero-order chi connectivity index (χ0) is 29.6. The molecular weight excluding hydrogens is 528 g/mol. The highest BCUT2D eigenvalue weighted by Gasteiger charge is 2.46. The third-order valence-corrected chi connectivity index (χ3v) is 7.10. The summed E-state index contributed by atoms with van der Waals surface area (Å²) in [5, 5.41) is 11.5. The quantitative estimate of drug-likeness (QED) is 0.138. The average Bonchev–Trinajstić information content (AvgIpc) is 3.24. The largest absolute Gasteiger partial charge is 0.507 e. The smallest absolute Gasteiger partial charge is 0.295 e. The van der Waals surface area contributed by atoms with Crippen molar-refractivity contribution in [1.29, 1.82) is 0 Å². The van der Waals surface area contributed by atoms with Gasteiger partial charge in [-0.05, 0) is 80.7 Å². The van der Waals surface area contributed by atoms with Crippen LogP contribution < -0.4 is 9.47 Å². The molecule has 1 aliphatic heterocycles. The number of Topliss-reactive ketones (excluding diaryl/α,β-unsaturated/α-hetero) is 1. The van der Waals surface area contributed by atoms with E-state index in [1.165, 1.54) is 4.90 Å². The van der Waals surface area contributed by atoms with Crippen molar-refractivity contribution in [2.24, 2.45) is 0 Å². The number of carbonyl (C=O) groups is 2. The minimum atomic E-state index is -0.776. The lowest BCUT2D eigenvalue weighted by Gasteiger charge is -2.27. The summed E-state index contributed by atoms with van der Waals surface area (Å²) in [6.07, 6.45) is 0. The lowest BCUT2D eigenvalue weighted by Crippen LogP contribution is -2.35. The Balaban J connectivity index is 1.46. The van der Waals surface area contributed by atoms with Crippen LogP contribution in [0, 0.1) is 6.92 Å². The molecule has 1 amide bonds. The van der Waals surface area contributed by atoms with Crippen LogP contribution in [-0.2, 0) is 16.2 Å². The molecule has 7 nitrogen and oxygen atoms in total. The van der Waals surface area contributed by atoms with Gasteiger partial charge in [0.15, 0.2) is 0 Å². The molecule has 7 heteroatoms. The molecule has 1 heterocycles. The third-order valence-electron chi connectivity index (χ3n) is 7.10. The standard InChI is InChI=1S/C35H34N2O5/c1-24-9-7-10-25(21-24)23-41-28-17-15-26(16-18-28)33(38)31-32(37(20-19-36(2)3)35(40)34(31)39)27-11-8-14-30(22-27)42-29-12-5-4-6-13-29/h4-18,21-22,32,38H,19-20,23H2,1-3H3/b33-31+. The van der Waals surface area contributed by atoms with E-state index in [0.717, 1.165) is 11.1 Å². The molecule has 1 saturated heterocycles. The Hall–Kier alpha value is -4.88. The number of rotatable bonds is 10. The van der Waals surface area contributed by atoms with Crippen molar-refractivity contribution in [3.8, 4) is 17.2 Å². The number of benzene rings is 4. The first-order chi connectivity index (χ1) is 20.3. The van der Waals surface area contributed by atoms with Gasteiger partial charge in [-0.25, -0.2) is 0 Å². The normalized spacial score (nSPS) is 16.2. The van der Waals surface area contributed by atoms with E-state index in [2.05, 4.69) is 6.07 Å². The van der Waals surface area contributed by atoms with E-state index >= 15 is 0 Å². The SMILES string of the molecule is Cc1cccc(COc2ccc(/C(O)=C3\C(=O)C(=O)N(CCN(C)C)C3c3cccc(Oc4ccccc4)c3)cc2)c1. The van der Waals surface area contributed by atoms with Gasteiger partial charge in [0.05, 0.1) is 11.6 Å². The van der Waals surface area contributed by atoms with Crippen molar-refractivity contribution in [3.63, 3.8) is 0 Å². The fraction of sp³-hybridized carbons (Fsp3) is 0.200. The van der Waals surface area contributed by atoms with Gasteiger partial charge in [-0.2, -0.15) is 0 Å². The van der Waals surface area contributed by atoms with E-state index in [-0.39, 0.29) is 11.3 Å². The van der Waals surface area contributed by atoms with Crippen molar-refractivity contribution >= 4 is 17.4 Å². The van der Waals surface area contributed by atoms with Crippen LogP contribution in [0.25, 0.3) is 5.76 Å². The Kier molecular flexibility index (Phi) is 8.69. The molecule has 42 heavy (non-hydrogen) atoms. The Morgan fingerprint density at radius 3 is 2.26 bits per heavy atom. The first-order valence-electron chi connectivity index (χ1n) is 13.8. The monoisotopic (exact) mass is 562 g/mol. The molecule has 5 rings (SSSR count). The van der Waals surface area contributed by atoms with Gasteiger partial charge in [-0.1, -0.05) is 60.2 Å². The zero-order valence-corrected chi connectivity index (χ0v) is 24.0. The molecule has 0 aliphatic carbocycles. The van der Waals surface area contributed by atoms with E-state index in [0.29, 0.717) is 48.1 Å². The summed E-state index contributed by atoms with van der Waals surface area (Å²) in [4.78, 5) is 30.2. The van der Waals surface area contributed by atoms with Gasteiger partial charge < -0.3 is 24.4 Å². The summed E-state index contributed by atoms with van der Waals surface area (Å²) < 4.78 is 12.0. The van der Waals surface area contributed by atoms with E-state index < -0.39 is 17.7 Å². The van der Waals surface area contributed by atoms with E-state index in [9.17, 15) is 14.7 Å². The van der Waals surface area contributed by atoms with Crippen LogP contribution in [0.5, 0.6) is 17.2 Å². The van der Waals surface area contributed by atoms with Crippen molar-refractivity contribution < 1.29 is 24.2 Å². The van der Waals surface area contributed by atoms with Gasteiger partial charge in [0.1, 0.15) is 29.6 Å². The lowest BCUT2D eigenvalue weighted by molar-refractivity contribution is -0.140. The van der Waals surface area contributed by atoms with Crippen molar-refractivity contribution in [2.75, 3.05) is 27.2 Å². The lowest BCUT2D eigenvalue weighted by atomic mass is 9.95. The number of hydrogen-bond acceptors (Lipinski definition) is 6. The second-order valence-electron chi connectivity index (χ2n) is 10.6. The summed E-state index contributed by atoms with van der Waals surface area (Å²) in [5.41, 5.74) is 3.35. The molecule has 0 radical (unpaired) electrons. The first kappa shape index (κ1) is 28.6. The summed E-state index contributed by atoms with van der Waals surface area (Å²) in [6, 6.07) is 30.9. The summed E-state index contributed by atoms with van der Waals surface area (Å²) >= 11 is 0. The Morgan fingerprint density at radius 2 is 1.55 bits per heavy atom. The summed E-state index contributed by atoms with van der Waals surface area (Å²) in [5.74, 6) is 0.265. The number of aryl methyl sites for hydroxylation is 1. The van der Waals surface area contributed by atoms with Crippen LogP contribution in [0.2, 0.25) is 0 Å². The minimum Gasteiger partial charge on any atom is -0.507 e. The molecule has 1 N–H and O–H groups in total. The van der Waals surface area contributed by atoms with Crippen LogP contribution in [0.3, 0.4) is 0 Å². The molecule has 1 fully saturated rings. The molecule has 4 aromatic carbocycles. The number of para-hydroxylation sites is 1. The first-order valence-corrected chi connectivity index (χ1v) is 13.8. The maximum atomic E-state index is 13.4. The maximum Gasteiger partial charge on any atom is 0.295 e. The number of amides is 1. The molecule has 0 aromatic heterocycles. The number of aliphatic hydroxyl groups is 1. The number of ether oxygens (including phenoxy) is 2. The number of likely N-dealkylation sites (tertiary alicyclic amines) is 1. The van der Waals surface area contributed by atoms with E-state index in [4.69, 9.17) is 9.47 Å². The van der Waals surface area contributed by atoms with Crippen LogP contribution in [0.15, 0.2) is 109 Å². The molecule has 0 spiro atoms. The average molecular weight is 563 g/mol.